The van der Waals surface area contributed by atoms with E-state index >= 15 is 0 Å². The average molecular weight is 281 g/mol. The van der Waals surface area contributed by atoms with Gasteiger partial charge in [-0.15, -0.1) is 11.3 Å². The van der Waals surface area contributed by atoms with Gasteiger partial charge < -0.3 is 5.32 Å². The molecule has 0 atom stereocenters. The molecule has 3 nitrogen and oxygen atoms in total. The van der Waals surface area contributed by atoms with E-state index in [-0.39, 0.29) is 0 Å². The Balaban J connectivity index is 1.76. The molecule has 0 unspecified atom stereocenters. The third kappa shape index (κ3) is 2.86. The Morgan fingerprint density at radius 3 is 2.60 bits per heavy atom. The summed E-state index contributed by atoms with van der Waals surface area (Å²) in [5.74, 6) is 0.890. The van der Waals surface area contributed by atoms with Crippen LogP contribution in [-0.2, 0) is 6.54 Å². The van der Waals surface area contributed by atoms with Crippen molar-refractivity contribution in [1.82, 2.24) is 9.97 Å². The molecule has 0 bridgehead atoms. The van der Waals surface area contributed by atoms with Crippen molar-refractivity contribution in [2.75, 3.05) is 5.32 Å². The largest absolute Gasteiger partial charge is 0.365 e. The summed E-state index contributed by atoms with van der Waals surface area (Å²) in [6.45, 7) is 2.81. The van der Waals surface area contributed by atoms with Gasteiger partial charge in [0.05, 0.1) is 12.2 Å². The first-order valence-corrected chi connectivity index (χ1v) is 7.31. The minimum atomic E-state index is 0.757. The molecule has 0 saturated carbocycles. The van der Waals surface area contributed by atoms with Crippen LogP contribution in [0.4, 0.5) is 5.82 Å². The van der Waals surface area contributed by atoms with E-state index in [9.17, 15) is 0 Å². The van der Waals surface area contributed by atoms with Gasteiger partial charge >= 0.3 is 0 Å². The van der Waals surface area contributed by atoms with Crippen molar-refractivity contribution >= 4 is 17.2 Å². The van der Waals surface area contributed by atoms with Gasteiger partial charge in [0.25, 0.3) is 0 Å². The van der Waals surface area contributed by atoms with Crippen LogP contribution in [0.15, 0.2) is 54.7 Å². The van der Waals surface area contributed by atoms with Gasteiger partial charge in [-0.1, -0.05) is 36.4 Å². The lowest BCUT2D eigenvalue weighted by Gasteiger charge is -2.03. The summed E-state index contributed by atoms with van der Waals surface area (Å²) in [4.78, 5) is 10.2. The number of benzene rings is 1. The van der Waals surface area contributed by atoms with E-state index in [0.29, 0.717) is 0 Å². The standard InChI is InChI=1S/C16H15N3S/c1-12-14(11-18-15-9-5-6-10-17-15)20-16(19-12)13-7-3-2-4-8-13/h2-10H,11H2,1H3,(H,17,18). The van der Waals surface area contributed by atoms with Crippen LogP contribution in [0, 0.1) is 6.92 Å². The van der Waals surface area contributed by atoms with E-state index in [1.54, 1.807) is 17.5 Å². The zero-order valence-corrected chi connectivity index (χ0v) is 12.0. The second-order valence-electron chi connectivity index (χ2n) is 4.46. The highest BCUT2D eigenvalue weighted by Crippen LogP contribution is 2.28. The second kappa shape index (κ2) is 5.84. The summed E-state index contributed by atoms with van der Waals surface area (Å²) in [6.07, 6.45) is 1.79. The number of hydrogen-bond donors (Lipinski definition) is 1. The minimum Gasteiger partial charge on any atom is -0.365 e. The average Bonchev–Trinajstić information content (AvgIpc) is 2.88. The van der Waals surface area contributed by atoms with Crippen LogP contribution in [0.2, 0.25) is 0 Å². The second-order valence-corrected chi connectivity index (χ2v) is 5.55. The molecule has 2 heterocycles. The zero-order chi connectivity index (χ0) is 13.8. The topological polar surface area (TPSA) is 37.8 Å². The van der Waals surface area contributed by atoms with Crippen LogP contribution in [0.3, 0.4) is 0 Å². The van der Waals surface area contributed by atoms with Gasteiger partial charge in [-0.25, -0.2) is 9.97 Å². The van der Waals surface area contributed by atoms with Crippen LogP contribution in [-0.4, -0.2) is 9.97 Å². The molecule has 0 saturated heterocycles. The molecule has 3 aromatic rings. The molecular weight excluding hydrogens is 266 g/mol. The first-order valence-electron chi connectivity index (χ1n) is 6.49. The monoisotopic (exact) mass is 281 g/mol. The number of anilines is 1. The zero-order valence-electron chi connectivity index (χ0n) is 11.2. The summed E-state index contributed by atoms with van der Waals surface area (Å²) in [7, 11) is 0. The summed E-state index contributed by atoms with van der Waals surface area (Å²) >= 11 is 1.73. The van der Waals surface area contributed by atoms with Crippen molar-refractivity contribution in [3.63, 3.8) is 0 Å². The summed E-state index contributed by atoms with van der Waals surface area (Å²) < 4.78 is 0. The van der Waals surface area contributed by atoms with Gasteiger partial charge in [0, 0.05) is 16.6 Å². The van der Waals surface area contributed by atoms with Crippen LogP contribution in [0.25, 0.3) is 10.6 Å². The predicted molar refractivity (Wildman–Crippen MR) is 83.9 cm³/mol. The lowest BCUT2D eigenvalue weighted by atomic mass is 10.2. The van der Waals surface area contributed by atoms with Gasteiger partial charge in [0.2, 0.25) is 0 Å². The Kier molecular flexibility index (Phi) is 3.74. The van der Waals surface area contributed by atoms with Crippen molar-refractivity contribution in [3.05, 3.63) is 65.3 Å². The predicted octanol–water partition coefficient (Wildman–Crippen LogP) is 4.13. The van der Waals surface area contributed by atoms with Crippen LogP contribution >= 0.6 is 11.3 Å². The fourth-order valence-electron chi connectivity index (χ4n) is 1.93. The fraction of sp³-hybridized carbons (Fsp3) is 0.125. The van der Waals surface area contributed by atoms with E-state index in [2.05, 4.69) is 34.3 Å². The normalized spacial score (nSPS) is 10.4. The molecule has 1 N–H and O–H groups in total. The van der Waals surface area contributed by atoms with Crippen molar-refractivity contribution in [2.24, 2.45) is 0 Å². The van der Waals surface area contributed by atoms with Gasteiger partial charge in [-0.05, 0) is 19.1 Å². The molecule has 20 heavy (non-hydrogen) atoms. The number of nitrogens with zero attached hydrogens (tertiary/aromatic N) is 2. The third-order valence-corrected chi connectivity index (χ3v) is 4.21. The van der Waals surface area contributed by atoms with Gasteiger partial charge in [-0.3, -0.25) is 0 Å². The van der Waals surface area contributed by atoms with Crippen molar-refractivity contribution in [2.45, 2.75) is 13.5 Å². The quantitative estimate of drug-likeness (QED) is 0.781. The molecule has 100 valence electrons. The van der Waals surface area contributed by atoms with E-state index in [1.807, 2.05) is 36.4 Å². The van der Waals surface area contributed by atoms with E-state index in [1.165, 1.54) is 10.4 Å². The Bertz CT molecular complexity index is 677. The molecule has 0 fully saturated rings. The smallest absolute Gasteiger partial charge is 0.126 e. The van der Waals surface area contributed by atoms with E-state index in [4.69, 9.17) is 0 Å². The molecule has 1 aromatic carbocycles. The Morgan fingerprint density at radius 2 is 1.85 bits per heavy atom. The molecule has 0 aliphatic rings. The molecular formula is C16H15N3S. The Morgan fingerprint density at radius 1 is 1.05 bits per heavy atom. The van der Waals surface area contributed by atoms with Crippen LogP contribution in [0.1, 0.15) is 10.6 Å². The SMILES string of the molecule is Cc1nc(-c2ccccc2)sc1CNc1ccccn1. The van der Waals surface area contributed by atoms with Gasteiger partial charge in [0.1, 0.15) is 10.8 Å². The lowest BCUT2D eigenvalue weighted by molar-refractivity contribution is 1.10. The maximum atomic E-state index is 4.65. The molecule has 0 aliphatic heterocycles. The van der Waals surface area contributed by atoms with Crippen molar-refractivity contribution in [1.29, 1.82) is 0 Å². The molecule has 3 rings (SSSR count). The number of thiazole rings is 1. The molecule has 0 radical (unpaired) electrons. The molecule has 0 amide bonds. The number of pyridine rings is 1. The number of nitrogens with one attached hydrogen (secondary N) is 1. The number of rotatable bonds is 4. The summed E-state index contributed by atoms with van der Waals surface area (Å²) in [5.41, 5.74) is 2.25. The van der Waals surface area contributed by atoms with Crippen LogP contribution in [0.5, 0.6) is 0 Å². The third-order valence-electron chi connectivity index (χ3n) is 3.01. The first kappa shape index (κ1) is 12.8. The number of aromatic nitrogens is 2. The summed E-state index contributed by atoms with van der Waals surface area (Å²) in [5, 5.41) is 4.40. The Hall–Kier alpha value is -2.20. The minimum absolute atomic E-state index is 0.757. The fourth-order valence-corrected chi connectivity index (χ4v) is 2.94. The Labute approximate surface area is 122 Å². The molecule has 0 aliphatic carbocycles. The van der Waals surface area contributed by atoms with Crippen molar-refractivity contribution < 1.29 is 0 Å². The first-order chi connectivity index (χ1) is 9.83. The summed E-state index contributed by atoms with van der Waals surface area (Å²) in [6, 6.07) is 16.1. The molecule has 0 spiro atoms. The highest BCUT2D eigenvalue weighted by atomic mass is 32.1. The van der Waals surface area contributed by atoms with E-state index < -0.39 is 0 Å². The maximum absolute atomic E-state index is 4.65. The molecule has 4 heteroatoms. The number of aryl methyl sites for hydroxylation is 1. The van der Waals surface area contributed by atoms with E-state index in [0.717, 1.165) is 23.1 Å². The number of hydrogen-bond acceptors (Lipinski definition) is 4. The highest BCUT2D eigenvalue weighted by molar-refractivity contribution is 7.15. The maximum Gasteiger partial charge on any atom is 0.126 e. The van der Waals surface area contributed by atoms with Crippen molar-refractivity contribution in [3.8, 4) is 10.6 Å². The molecule has 2 aromatic heterocycles. The highest BCUT2D eigenvalue weighted by Gasteiger charge is 2.09. The van der Waals surface area contributed by atoms with Crippen LogP contribution < -0.4 is 5.32 Å². The van der Waals surface area contributed by atoms with Gasteiger partial charge in [0.15, 0.2) is 0 Å². The van der Waals surface area contributed by atoms with Gasteiger partial charge in [-0.2, -0.15) is 0 Å². The lowest BCUT2D eigenvalue weighted by Crippen LogP contribution is -2.00.